The molecular weight excluding hydrogens is 304 g/mol. The van der Waals surface area contributed by atoms with Gasteiger partial charge >= 0.3 is 0 Å². The summed E-state index contributed by atoms with van der Waals surface area (Å²) in [7, 11) is -3.23. The highest BCUT2D eigenvalue weighted by Crippen LogP contribution is 2.29. The first-order chi connectivity index (χ1) is 10.1. The molecule has 0 N–H and O–H groups in total. The lowest BCUT2D eigenvalue weighted by molar-refractivity contribution is 0.312. The van der Waals surface area contributed by atoms with Crippen molar-refractivity contribution in [2.75, 3.05) is 0 Å². The average Bonchev–Trinajstić information content (AvgIpc) is 2.36. The van der Waals surface area contributed by atoms with E-state index in [1.54, 1.807) is 0 Å². The van der Waals surface area contributed by atoms with Crippen LogP contribution < -0.4 is 0 Å². The Morgan fingerprint density at radius 3 is 1.32 bits per heavy atom. The lowest BCUT2D eigenvalue weighted by Crippen LogP contribution is -2.30. The van der Waals surface area contributed by atoms with Gasteiger partial charge in [-0.15, -0.1) is 0 Å². The van der Waals surface area contributed by atoms with Crippen LogP contribution >= 0.6 is 0 Å². The third-order valence-corrected chi connectivity index (χ3v) is 5.25. The fraction of sp³-hybridized carbons (Fsp3) is 0.556. The third kappa shape index (κ3) is 5.32. The summed E-state index contributed by atoms with van der Waals surface area (Å²) in [5.74, 6) is 2.24. The zero-order chi connectivity index (χ0) is 16.4. The summed E-state index contributed by atoms with van der Waals surface area (Å²) in [5, 5.41) is 0. The lowest BCUT2D eigenvalue weighted by Gasteiger charge is -2.30. The third-order valence-electron chi connectivity index (χ3n) is 3.53. The summed E-state index contributed by atoms with van der Waals surface area (Å²) >= 11 is 0. The molecule has 0 amide bonds. The smallest absolute Gasteiger partial charge is 0.241 e. The van der Waals surface area contributed by atoms with Gasteiger partial charge in [0.15, 0.2) is 0 Å². The van der Waals surface area contributed by atoms with Crippen LogP contribution in [-0.4, -0.2) is 16.6 Å². The van der Waals surface area contributed by atoms with E-state index in [-0.39, 0.29) is 0 Å². The Labute approximate surface area is 137 Å². The van der Waals surface area contributed by atoms with Crippen LogP contribution in [0.25, 0.3) is 0 Å². The number of hydrogen-bond donors (Lipinski definition) is 0. The zero-order valence-electron chi connectivity index (χ0n) is 15.0. The highest BCUT2D eigenvalue weighted by atomic mass is 28.4. The van der Waals surface area contributed by atoms with E-state index >= 15 is 0 Å². The van der Waals surface area contributed by atoms with E-state index in [0.717, 1.165) is 37.2 Å². The predicted octanol–water partition coefficient (Wildman–Crippen LogP) is 5.48. The molecule has 0 unspecified atom stereocenters. The monoisotopic (exact) mass is 334 g/mol. The molecule has 0 atom stereocenters. The first kappa shape index (κ1) is 17.3. The van der Waals surface area contributed by atoms with Crippen LogP contribution in [0.15, 0.2) is 35.8 Å². The van der Waals surface area contributed by atoms with Crippen molar-refractivity contribution in [1.29, 1.82) is 0 Å². The van der Waals surface area contributed by atoms with Crippen LogP contribution in [-0.2, 0) is 21.7 Å². The van der Waals surface area contributed by atoms with Gasteiger partial charge in [0, 0.05) is 12.8 Å². The molecule has 0 aromatic heterocycles. The number of aryl methyl sites for hydroxylation is 2. The van der Waals surface area contributed by atoms with Crippen LogP contribution in [0.5, 0.6) is 0 Å². The summed E-state index contributed by atoms with van der Waals surface area (Å²) in [5.41, 5.74) is 2.93. The van der Waals surface area contributed by atoms with Crippen molar-refractivity contribution in [2.45, 2.75) is 65.0 Å². The van der Waals surface area contributed by atoms with Crippen LogP contribution in [0.4, 0.5) is 0 Å². The average molecular weight is 335 g/mol. The van der Waals surface area contributed by atoms with E-state index in [4.69, 9.17) is 8.85 Å². The number of rotatable bonds is 4. The second-order valence-corrected chi connectivity index (χ2v) is 16.9. The van der Waals surface area contributed by atoms with E-state index in [2.05, 4.69) is 63.5 Å². The summed E-state index contributed by atoms with van der Waals surface area (Å²) in [6.07, 6.45) is 4.02. The molecule has 0 bridgehead atoms. The van der Waals surface area contributed by atoms with Crippen molar-refractivity contribution in [3.8, 4) is 0 Å². The molecule has 1 aromatic rings. The normalized spacial score (nSPS) is 19.9. The van der Waals surface area contributed by atoms with Gasteiger partial charge in [0.1, 0.15) is 11.5 Å². The summed E-state index contributed by atoms with van der Waals surface area (Å²) in [4.78, 5) is 0. The fourth-order valence-corrected chi connectivity index (χ4v) is 4.69. The minimum absolute atomic E-state index is 0.959. The van der Waals surface area contributed by atoms with Crippen molar-refractivity contribution in [3.63, 3.8) is 0 Å². The molecular formula is C18H30O2Si2. The van der Waals surface area contributed by atoms with E-state index in [9.17, 15) is 0 Å². The van der Waals surface area contributed by atoms with Crippen LogP contribution in [0, 0.1) is 0 Å². The molecule has 4 heteroatoms. The molecule has 1 aromatic carbocycles. The Hall–Kier alpha value is -1.01. The van der Waals surface area contributed by atoms with Crippen LogP contribution in [0.2, 0.25) is 39.3 Å². The number of hydrogen-bond acceptors (Lipinski definition) is 2. The number of benzene rings is 1. The minimum Gasteiger partial charge on any atom is -0.545 e. The van der Waals surface area contributed by atoms with Crippen molar-refractivity contribution < 1.29 is 8.85 Å². The molecule has 0 spiro atoms. The van der Waals surface area contributed by atoms with Crippen molar-refractivity contribution >= 4 is 16.6 Å². The molecule has 122 valence electrons. The fourth-order valence-electron chi connectivity index (χ4n) is 2.78. The van der Waals surface area contributed by atoms with E-state index in [1.807, 2.05) is 0 Å². The lowest BCUT2D eigenvalue weighted by atomic mass is 9.95. The Morgan fingerprint density at radius 2 is 1.00 bits per heavy atom. The van der Waals surface area contributed by atoms with Gasteiger partial charge in [0.2, 0.25) is 16.6 Å². The zero-order valence-corrected chi connectivity index (χ0v) is 17.0. The summed E-state index contributed by atoms with van der Waals surface area (Å²) in [6.45, 7) is 13.5. The molecule has 0 heterocycles. The molecule has 0 fully saturated rings. The van der Waals surface area contributed by atoms with E-state index < -0.39 is 16.6 Å². The maximum atomic E-state index is 6.40. The Morgan fingerprint density at radius 1 is 0.636 bits per heavy atom. The molecule has 1 aliphatic rings. The van der Waals surface area contributed by atoms with Crippen molar-refractivity contribution in [3.05, 3.63) is 46.9 Å². The van der Waals surface area contributed by atoms with Gasteiger partial charge < -0.3 is 8.85 Å². The Bertz CT molecular complexity index is 502. The molecule has 2 rings (SSSR count). The first-order valence-electron chi connectivity index (χ1n) is 8.31. The van der Waals surface area contributed by atoms with Crippen LogP contribution in [0.3, 0.4) is 0 Å². The standard InChI is InChI=1S/C18H30O2Si2/c1-21(2,3)19-17-13-11-15-9-7-8-10-16(15)12-14-18(17)20-22(4,5)6/h7-10H,11-14H2,1-6H3/b18-17-. The van der Waals surface area contributed by atoms with Gasteiger partial charge in [-0.1, -0.05) is 24.3 Å². The molecule has 0 saturated carbocycles. The quantitative estimate of drug-likeness (QED) is 0.679. The van der Waals surface area contributed by atoms with Gasteiger partial charge in [-0.05, 0) is 63.3 Å². The second kappa shape index (κ2) is 6.63. The van der Waals surface area contributed by atoms with Crippen molar-refractivity contribution in [2.24, 2.45) is 0 Å². The summed E-state index contributed by atoms with van der Waals surface area (Å²) < 4.78 is 12.8. The highest BCUT2D eigenvalue weighted by Gasteiger charge is 2.26. The van der Waals surface area contributed by atoms with Crippen molar-refractivity contribution in [1.82, 2.24) is 0 Å². The van der Waals surface area contributed by atoms with Gasteiger partial charge in [-0.2, -0.15) is 0 Å². The molecule has 0 saturated heterocycles. The second-order valence-electron chi connectivity index (χ2n) is 8.04. The maximum absolute atomic E-state index is 6.40. The molecule has 22 heavy (non-hydrogen) atoms. The van der Waals surface area contributed by atoms with Gasteiger partial charge in [-0.3, -0.25) is 0 Å². The maximum Gasteiger partial charge on any atom is 0.241 e. The first-order valence-corrected chi connectivity index (χ1v) is 15.1. The van der Waals surface area contributed by atoms with Gasteiger partial charge in [0.05, 0.1) is 0 Å². The Balaban J connectivity index is 2.30. The SMILES string of the molecule is C[Si](C)(C)O/C1=C(\O[Si](C)(C)C)CCc2ccccc2CC1. The molecule has 2 nitrogen and oxygen atoms in total. The van der Waals surface area contributed by atoms with E-state index in [0.29, 0.717) is 0 Å². The van der Waals surface area contributed by atoms with E-state index in [1.165, 1.54) is 11.1 Å². The molecule has 1 aliphatic carbocycles. The Kier molecular flexibility index (Phi) is 5.23. The largest absolute Gasteiger partial charge is 0.545 e. The van der Waals surface area contributed by atoms with Gasteiger partial charge in [-0.25, -0.2) is 0 Å². The minimum atomic E-state index is -1.61. The molecule has 0 aliphatic heterocycles. The predicted molar refractivity (Wildman–Crippen MR) is 99.0 cm³/mol. The van der Waals surface area contributed by atoms with Gasteiger partial charge in [0.25, 0.3) is 0 Å². The van der Waals surface area contributed by atoms with Crippen LogP contribution in [0.1, 0.15) is 24.0 Å². The number of allylic oxidation sites excluding steroid dienone is 2. The highest BCUT2D eigenvalue weighted by molar-refractivity contribution is 6.70. The summed E-state index contributed by atoms with van der Waals surface area (Å²) in [6, 6.07) is 8.79. The topological polar surface area (TPSA) is 18.5 Å². The molecule has 0 radical (unpaired) electrons. The number of fused-ring (bicyclic) bond motifs is 1.